The number of nitrogens with one attached hydrogen (secondary N) is 2. The first-order valence-corrected chi connectivity index (χ1v) is 15.0. The van der Waals surface area contributed by atoms with Gasteiger partial charge in [-0.3, -0.25) is 19.6 Å². The van der Waals surface area contributed by atoms with E-state index in [9.17, 15) is 9.59 Å². The highest BCUT2D eigenvalue weighted by Gasteiger charge is 2.11. The summed E-state index contributed by atoms with van der Waals surface area (Å²) < 4.78 is 10.6. The molecule has 2 amide bonds. The van der Waals surface area contributed by atoms with Gasteiger partial charge in [-0.2, -0.15) is 0 Å². The number of hydrogen-bond donors (Lipinski definition) is 2. The lowest BCUT2D eigenvalue weighted by Gasteiger charge is -2.08. The SMILES string of the molecule is COc1cc(NC(=O)c2ccccn2)ccc1/N=N/c1ccccn1.COc1cc(NC(=O)c2ccccn2)ccc1/N=N\c1ccccn1. The Hall–Kier alpha value is -7.22. The second-order valence-electron chi connectivity index (χ2n) is 9.89. The van der Waals surface area contributed by atoms with Gasteiger partial charge in [-0.1, -0.05) is 24.3 Å². The van der Waals surface area contributed by atoms with Gasteiger partial charge in [0.1, 0.15) is 34.3 Å². The molecule has 0 aliphatic carbocycles. The third-order valence-electron chi connectivity index (χ3n) is 6.49. The summed E-state index contributed by atoms with van der Waals surface area (Å²) in [5, 5.41) is 21.9. The van der Waals surface area contributed by atoms with Crippen LogP contribution < -0.4 is 20.1 Å². The molecule has 4 aromatic heterocycles. The largest absolute Gasteiger partial charge is 0.494 e. The second kappa shape index (κ2) is 17.6. The molecule has 0 aliphatic rings. The maximum absolute atomic E-state index is 12.1. The molecule has 0 unspecified atom stereocenters. The number of pyridine rings is 4. The Morgan fingerprint density at radius 2 is 0.900 bits per heavy atom. The van der Waals surface area contributed by atoms with Crippen LogP contribution in [-0.4, -0.2) is 46.0 Å². The minimum absolute atomic E-state index is 0.300. The lowest BCUT2D eigenvalue weighted by atomic mass is 10.2. The first kappa shape index (κ1) is 34.1. The van der Waals surface area contributed by atoms with Gasteiger partial charge in [-0.25, -0.2) is 9.97 Å². The first-order chi connectivity index (χ1) is 24.5. The van der Waals surface area contributed by atoms with Crippen molar-refractivity contribution in [1.29, 1.82) is 0 Å². The van der Waals surface area contributed by atoms with Crippen LogP contribution in [0.1, 0.15) is 21.0 Å². The Morgan fingerprint density at radius 1 is 0.500 bits per heavy atom. The highest BCUT2D eigenvalue weighted by Crippen LogP contribution is 2.33. The lowest BCUT2D eigenvalue weighted by Crippen LogP contribution is -2.13. The van der Waals surface area contributed by atoms with Crippen LogP contribution in [0.4, 0.5) is 34.4 Å². The van der Waals surface area contributed by atoms with Crippen molar-refractivity contribution >= 4 is 46.2 Å². The third-order valence-corrected chi connectivity index (χ3v) is 6.49. The van der Waals surface area contributed by atoms with Crippen molar-refractivity contribution in [2.24, 2.45) is 20.5 Å². The number of amides is 2. The van der Waals surface area contributed by atoms with Crippen molar-refractivity contribution in [2.75, 3.05) is 24.9 Å². The van der Waals surface area contributed by atoms with Crippen LogP contribution in [-0.2, 0) is 0 Å². The molecule has 2 aromatic carbocycles. The Kier molecular flexibility index (Phi) is 12.0. The number of nitrogens with zero attached hydrogens (tertiary/aromatic N) is 8. The molecule has 0 aliphatic heterocycles. The molecule has 0 fully saturated rings. The topological polar surface area (TPSA) is 178 Å². The van der Waals surface area contributed by atoms with E-state index in [0.29, 0.717) is 57.3 Å². The monoisotopic (exact) mass is 666 g/mol. The van der Waals surface area contributed by atoms with E-state index in [-0.39, 0.29) is 11.8 Å². The Morgan fingerprint density at radius 3 is 1.24 bits per heavy atom. The average molecular weight is 667 g/mol. The van der Waals surface area contributed by atoms with Gasteiger partial charge in [0.05, 0.1) is 14.2 Å². The van der Waals surface area contributed by atoms with Gasteiger partial charge in [0.25, 0.3) is 11.8 Å². The molecule has 248 valence electrons. The summed E-state index contributed by atoms with van der Waals surface area (Å²) in [6.45, 7) is 0. The number of aromatic nitrogens is 4. The highest BCUT2D eigenvalue weighted by molar-refractivity contribution is 6.03. The molecule has 2 N–H and O–H groups in total. The normalized spacial score (nSPS) is 10.6. The van der Waals surface area contributed by atoms with E-state index in [2.05, 4.69) is 51.0 Å². The number of methoxy groups -OCH3 is 2. The van der Waals surface area contributed by atoms with Crippen LogP contribution in [0, 0.1) is 0 Å². The van der Waals surface area contributed by atoms with E-state index < -0.39 is 0 Å². The number of carbonyl (C=O) groups is 2. The molecule has 4 heterocycles. The number of azo groups is 2. The summed E-state index contributed by atoms with van der Waals surface area (Å²) >= 11 is 0. The van der Waals surface area contributed by atoms with Crippen LogP contribution in [0.3, 0.4) is 0 Å². The number of rotatable bonds is 10. The number of carbonyl (C=O) groups excluding carboxylic acids is 2. The molecule has 14 heteroatoms. The molecule has 6 aromatic rings. The van der Waals surface area contributed by atoms with E-state index in [4.69, 9.17) is 9.47 Å². The molecule has 0 bridgehead atoms. The molecule has 0 spiro atoms. The van der Waals surface area contributed by atoms with E-state index >= 15 is 0 Å². The summed E-state index contributed by atoms with van der Waals surface area (Å²) in [6.07, 6.45) is 6.41. The van der Waals surface area contributed by atoms with E-state index in [1.165, 1.54) is 14.2 Å². The zero-order chi connectivity index (χ0) is 35.0. The Bertz CT molecular complexity index is 1920. The maximum atomic E-state index is 12.1. The maximum Gasteiger partial charge on any atom is 0.274 e. The van der Waals surface area contributed by atoms with Crippen LogP contribution in [0.25, 0.3) is 0 Å². The fourth-order valence-electron chi connectivity index (χ4n) is 4.10. The molecule has 0 radical (unpaired) electrons. The van der Waals surface area contributed by atoms with Crippen LogP contribution in [0.15, 0.2) is 154 Å². The Labute approximate surface area is 287 Å². The fraction of sp³-hybridized carbons (Fsp3) is 0.0556. The minimum atomic E-state index is -0.300. The van der Waals surface area contributed by atoms with E-state index in [1.54, 1.807) is 122 Å². The highest BCUT2D eigenvalue weighted by atomic mass is 16.5. The number of ether oxygens (including phenoxy) is 2. The average Bonchev–Trinajstić information content (AvgIpc) is 3.18. The number of anilines is 2. The van der Waals surface area contributed by atoms with Crippen molar-refractivity contribution in [2.45, 2.75) is 0 Å². The number of hydrogen-bond acceptors (Lipinski definition) is 12. The van der Waals surface area contributed by atoms with Gasteiger partial charge in [-0.05, 0) is 72.8 Å². The first-order valence-electron chi connectivity index (χ1n) is 15.0. The molecular weight excluding hydrogens is 636 g/mol. The molecule has 0 saturated carbocycles. The van der Waals surface area contributed by atoms with Gasteiger partial charge < -0.3 is 20.1 Å². The smallest absolute Gasteiger partial charge is 0.274 e. The van der Waals surface area contributed by atoms with Crippen molar-refractivity contribution in [3.63, 3.8) is 0 Å². The fourth-order valence-corrected chi connectivity index (χ4v) is 4.10. The molecular formula is C36H30N10O4. The molecule has 0 saturated heterocycles. The molecule has 50 heavy (non-hydrogen) atoms. The quantitative estimate of drug-likeness (QED) is 0.137. The van der Waals surface area contributed by atoms with E-state index in [0.717, 1.165) is 0 Å². The van der Waals surface area contributed by atoms with Gasteiger partial charge in [0, 0.05) is 48.3 Å². The summed E-state index contributed by atoms with van der Waals surface area (Å²) in [7, 11) is 3.05. The van der Waals surface area contributed by atoms with Crippen molar-refractivity contribution in [1.82, 2.24) is 19.9 Å². The summed E-state index contributed by atoms with van der Waals surface area (Å²) in [5.41, 5.74) is 2.88. The Balaban J connectivity index is 0.000000194. The van der Waals surface area contributed by atoms with Crippen LogP contribution >= 0.6 is 0 Å². The standard InChI is InChI=1S/2C18H15N5O2/c2*1-25-16-12-13(21-18(24)15-6-2-4-10-19-15)8-9-14(16)22-23-17-7-3-5-11-20-17/h2*2-12H,1H3,(H,21,24)/b23-22+;23-22-. The van der Waals surface area contributed by atoms with E-state index in [1.807, 2.05) is 12.1 Å². The summed E-state index contributed by atoms with van der Waals surface area (Å²) in [5.74, 6) is 1.36. The van der Waals surface area contributed by atoms with Crippen LogP contribution in [0.2, 0.25) is 0 Å². The predicted molar refractivity (Wildman–Crippen MR) is 187 cm³/mol. The predicted octanol–water partition coefficient (Wildman–Crippen LogP) is 8.31. The van der Waals surface area contributed by atoms with Crippen LogP contribution in [0.5, 0.6) is 11.5 Å². The van der Waals surface area contributed by atoms with Gasteiger partial charge in [0.15, 0.2) is 11.6 Å². The minimum Gasteiger partial charge on any atom is -0.494 e. The molecule has 6 rings (SSSR count). The third kappa shape index (κ3) is 9.89. The summed E-state index contributed by atoms with van der Waals surface area (Å²) in [4.78, 5) is 40.5. The zero-order valence-electron chi connectivity index (χ0n) is 26.9. The van der Waals surface area contributed by atoms with Gasteiger partial charge in [-0.15, -0.1) is 20.5 Å². The van der Waals surface area contributed by atoms with Gasteiger partial charge >= 0.3 is 0 Å². The van der Waals surface area contributed by atoms with Gasteiger partial charge in [0.2, 0.25) is 0 Å². The summed E-state index contributed by atoms with van der Waals surface area (Å²) in [6, 6.07) is 31.3. The molecule has 14 nitrogen and oxygen atoms in total. The second-order valence-corrected chi connectivity index (χ2v) is 9.89. The lowest BCUT2D eigenvalue weighted by molar-refractivity contribution is 0.101. The zero-order valence-corrected chi connectivity index (χ0v) is 26.9. The molecule has 0 atom stereocenters. The number of benzene rings is 2. The van der Waals surface area contributed by atoms with Crippen molar-refractivity contribution in [3.8, 4) is 11.5 Å². The van der Waals surface area contributed by atoms with Crippen molar-refractivity contribution in [3.05, 3.63) is 145 Å². The van der Waals surface area contributed by atoms with Crippen molar-refractivity contribution < 1.29 is 19.1 Å².